The molecule has 1 aliphatic carbocycles. The van der Waals surface area contributed by atoms with Crippen LogP contribution in [-0.2, 0) is 6.42 Å². The molecule has 0 amide bonds. The predicted molar refractivity (Wildman–Crippen MR) is 86.8 cm³/mol. The summed E-state index contributed by atoms with van der Waals surface area (Å²) >= 11 is 30.7. The molecule has 2 aromatic carbocycles. The van der Waals surface area contributed by atoms with E-state index in [0.29, 0.717) is 32.3 Å². The zero-order chi connectivity index (χ0) is 15.5. The molecule has 0 saturated heterocycles. The molecule has 7 heteroatoms. The summed E-state index contributed by atoms with van der Waals surface area (Å²) < 4.78 is 0. The van der Waals surface area contributed by atoms with E-state index in [1.807, 2.05) is 0 Å². The van der Waals surface area contributed by atoms with Crippen molar-refractivity contribution in [2.75, 3.05) is 0 Å². The van der Waals surface area contributed by atoms with E-state index in [4.69, 9.17) is 58.0 Å². The number of alkyl halides is 1. The maximum atomic E-state index is 10.1. The minimum absolute atomic E-state index is 0.108. The molecule has 0 unspecified atom stereocenters. The van der Waals surface area contributed by atoms with E-state index in [9.17, 15) is 10.2 Å². The zero-order valence-corrected chi connectivity index (χ0v) is 14.0. The molecule has 3 rings (SSSR count). The smallest absolute Gasteiger partial charge is 0.138 e. The van der Waals surface area contributed by atoms with Gasteiger partial charge in [-0.2, -0.15) is 0 Å². The Morgan fingerprint density at radius 1 is 0.762 bits per heavy atom. The Morgan fingerprint density at radius 3 is 1.52 bits per heavy atom. The van der Waals surface area contributed by atoms with Gasteiger partial charge in [-0.25, -0.2) is 0 Å². The minimum Gasteiger partial charge on any atom is -0.506 e. The maximum absolute atomic E-state index is 10.1. The van der Waals surface area contributed by atoms with Crippen molar-refractivity contribution in [2.45, 2.75) is 11.8 Å². The van der Waals surface area contributed by atoms with Crippen molar-refractivity contribution < 1.29 is 10.2 Å². The molecule has 2 nitrogen and oxygen atoms in total. The molecule has 0 saturated carbocycles. The number of halogens is 5. The second-order valence-electron chi connectivity index (χ2n) is 4.70. The number of hydrogen-bond donors (Lipinski definition) is 2. The molecule has 1 aliphatic rings. The largest absolute Gasteiger partial charge is 0.506 e. The highest BCUT2D eigenvalue weighted by atomic mass is 35.5. The van der Waals surface area contributed by atoms with Gasteiger partial charge >= 0.3 is 0 Å². The number of rotatable bonds is 0. The van der Waals surface area contributed by atoms with E-state index in [-0.39, 0.29) is 28.0 Å². The van der Waals surface area contributed by atoms with Crippen molar-refractivity contribution in [2.24, 2.45) is 0 Å². The summed E-state index contributed by atoms with van der Waals surface area (Å²) in [6, 6.07) is 2.86. The van der Waals surface area contributed by atoms with Gasteiger partial charge in [-0.05, 0) is 12.1 Å². The minimum atomic E-state index is -0.713. The Balaban J connectivity index is 2.35. The van der Waals surface area contributed by atoms with Crippen LogP contribution >= 0.6 is 58.0 Å². The van der Waals surface area contributed by atoms with Crippen LogP contribution in [0, 0.1) is 0 Å². The normalized spacial score (nSPS) is 14.0. The predicted octanol–water partition coefficient (Wildman–Crippen LogP) is 5.94. The second kappa shape index (κ2) is 5.29. The lowest BCUT2D eigenvalue weighted by atomic mass is 9.84. The fourth-order valence-electron chi connectivity index (χ4n) is 2.57. The Kier molecular flexibility index (Phi) is 3.88. The lowest BCUT2D eigenvalue weighted by molar-refractivity contribution is 0.460. The first-order valence-corrected chi connectivity index (χ1v) is 7.81. The molecular weight excluding hydrogens is 377 g/mol. The van der Waals surface area contributed by atoms with Gasteiger partial charge in [0.25, 0.3) is 0 Å². The third-order valence-electron chi connectivity index (χ3n) is 3.56. The van der Waals surface area contributed by atoms with Gasteiger partial charge in [0.15, 0.2) is 0 Å². The van der Waals surface area contributed by atoms with E-state index in [1.54, 1.807) is 0 Å². The monoisotopic (exact) mass is 382 g/mol. The molecule has 2 N–H and O–H groups in total. The SMILES string of the molecule is Oc1c(Cl)cc(Cl)c2c1Cc1c(O)c(Cl)cc(Cl)c1C2Cl. The average molecular weight is 384 g/mol. The van der Waals surface area contributed by atoms with Gasteiger partial charge in [-0.1, -0.05) is 46.4 Å². The van der Waals surface area contributed by atoms with Gasteiger partial charge in [0.05, 0.1) is 15.4 Å². The molecule has 0 aliphatic heterocycles. The molecule has 0 heterocycles. The number of phenols is 2. The number of hydrogen-bond acceptors (Lipinski definition) is 2. The zero-order valence-electron chi connectivity index (χ0n) is 10.2. The first kappa shape index (κ1) is 15.4. The summed E-state index contributed by atoms with van der Waals surface area (Å²) in [6.45, 7) is 0. The molecule has 0 atom stereocenters. The Bertz CT molecular complexity index is 709. The summed E-state index contributed by atoms with van der Waals surface area (Å²) in [5.41, 5.74) is 2.01. The van der Waals surface area contributed by atoms with Gasteiger partial charge in [0.2, 0.25) is 0 Å². The fourth-order valence-corrected chi connectivity index (χ4v) is 4.41. The highest BCUT2D eigenvalue weighted by molar-refractivity contribution is 6.39. The van der Waals surface area contributed by atoms with Crippen molar-refractivity contribution in [3.63, 3.8) is 0 Å². The van der Waals surface area contributed by atoms with E-state index in [2.05, 4.69) is 0 Å². The molecule has 0 aromatic heterocycles. The topological polar surface area (TPSA) is 40.5 Å². The molecule has 0 radical (unpaired) electrons. The highest BCUT2D eigenvalue weighted by Crippen LogP contribution is 2.52. The number of aromatic hydroxyl groups is 2. The van der Waals surface area contributed by atoms with E-state index >= 15 is 0 Å². The molecule has 0 bridgehead atoms. The summed E-state index contributed by atoms with van der Waals surface area (Å²) in [7, 11) is 0. The van der Waals surface area contributed by atoms with Crippen molar-refractivity contribution in [1.29, 1.82) is 0 Å². The van der Waals surface area contributed by atoms with Crippen molar-refractivity contribution in [3.05, 3.63) is 54.5 Å². The summed E-state index contributed by atoms with van der Waals surface area (Å²) in [5.74, 6) is -0.217. The van der Waals surface area contributed by atoms with Gasteiger partial charge in [0.1, 0.15) is 11.5 Å². The standard InChI is InChI=1S/C14H7Cl5O2/c15-6-2-8(17)13(20)4-1-5-11(12(19)10(4)6)7(16)3-9(18)14(5)21/h2-3,12,20-21H,1H2. The number of phenolic OH excluding ortho intramolecular Hbond substituents is 2. The van der Waals surface area contributed by atoms with Gasteiger partial charge in [-0.15, -0.1) is 11.6 Å². The lowest BCUT2D eigenvalue weighted by Gasteiger charge is -2.28. The summed E-state index contributed by atoms with van der Waals surface area (Å²) in [5, 5.41) is 20.5. The van der Waals surface area contributed by atoms with Crippen LogP contribution in [0.4, 0.5) is 0 Å². The Labute approximate surface area is 145 Å². The number of fused-ring (bicyclic) bond motifs is 2. The van der Waals surface area contributed by atoms with Crippen LogP contribution in [0.2, 0.25) is 20.1 Å². The molecule has 0 fully saturated rings. The van der Waals surface area contributed by atoms with Crippen molar-refractivity contribution in [1.82, 2.24) is 0 Å². The van der Waals surface area contributed by atoms with E-state index in [1.165, 1.54) is 12.1 Å². The molecule has 0 spiro atoms. The van der Waals surface area contributed by atoms with E-state index < -0.39 is 5.38 Å². The van der Waals surface area contributed by atoms with Crippen LogP contribution in [0.5, 0.6) is 11.5 Å². The Hall–Kier alpha value is -0.510. The quantitative estimate of drug-likeness (QED) is 0.552. The second-order valence-corrected chi connectivity index (χ2v) is 6.77. The molecular formula is C14H7Cl5O2. The third-order valence-corrected chi connectivity index (χ3v) is 5.19. The fraction of sp³-hybridized carbons (Fsp3) is 0.143. The van der Waals surface area contributed by atoms with Crippen LogP contribution in [0.25, 0.3) is 0 Å². The van der Waals surface area contributed by atoms with Crippen LogP contribution in [0.3, 0.4) is 0 Å². The molecule has 110 valence electrons. The van der Waals surface area contributed by atoms with Crippen LogP contribution in [-0.4, -0.2) is 10.2 Å². The first-order chi connectivity index (χ1) is 9.82. The van der Waals surface area contributed by atoms with E-state index in [0.717, 1.165) is 0 Å². The van der Waals surface area contributed by atoms with Crippen LogP contribution in [0.15, 0.2) is 12.1 Å². The van der Waals surface area contributed by atoms with Gasteiger partial charge < -0.3 is 10.2 Å². The van der Waals surface area contributed by atoms with Crippen LogP contribution in [0.1, 0.15) is 27.6 Å². The van der Waals surface area contributed by atoms with Crippen LogP contribution < -0.4 is 0 Å². The van der Waals surface area contributed by atoms with Gasteiger partial charge in [0, 0.05) is 38.7 Å². The maximum Gasteiger partial charge on any atom is 0.138 e. The summed E-state index contributed by atoms with van der Waals surface area (Å²) in [4.78, 5) is 0. The molecule has 21 heavy (non-hydrogen) atoms. The lowest BCUT2D eigenvalue weighted by Crippen LogP contribution is -2.12. The Morgan fingerprint density at radius 2 is 1.14 bits per heavy atom. The molecule has 2 aromatic rings. The number of benzene rings is 2. The first-order valence-electron chi connectivity index (χ1n) is 5.86. The van der Waals surface area contributed by atoms with Crippen molar-refractivity contribution >= 4 is 58.0 Å². The van der Waals surface area contributed by atoms with Gasteiger partial charge in [-0.3, -0.25) is 0 Å². The summed E-state index contributed by atoms with van der Waals surface area (Å²) in [6.07, 6.45) is 0.187. The van der Waals surface area contributed by atoms with Crippen molar-refractivity contribution in [3.8, 4) is 11.5 Å². The average Bonchev–Trinajstić information content (AvgIpc) is 2.41. The third kappa shape index (κ3) is 2.25. The highest BCUT2D eigenvalue weighted by Gasteiger charge is 2.33.